The summed E-state index contributed by atoms with van der Waals surface area (Å²) >= 11 is 0. The Morgan fingerprint density at radius 2 is 1.71 bits per heavy atom. The predicted octanol–water partition coefficient (Wildman–Crippen LogP) is 2.77. The van der Waals surface area contributed by atoms with Crippen molar-refractivity contribution < 1.29 is 28.7 Å². The van der Waals surface area contributed by atoms with E-state index < -0.39 is 47.6 Å². The minimum Gasteiger partial charge on any atom is -0.458 e. The van der Waals surface area contributed by atoms with Gasteiger partial charge in [0.15, 0.2) is 0 Å². The van der Waals surface area contributed by atoms with Crippen LogP contribution in [0.1, 0.15) is 59.9 Å². The minimum atomic E-state index is -0.875. The zero-order valence-corrected chi connectivity index (χ0v) is 20.9. The Labute approximate surface area is 201 Å². The van der Waals surface area contributed by atoms with Gasteiger partial charge in [0.05, 0.1) is 0 Å². The van der Waals surface area contributed by atoms with E-state index in [2.05, 4.69) is 10.6 Å². The van der Waals surface area contributed by atoms with Crippen molar-refractivity contribution in [2.45, 2.75) is 84.7 Å². The van der Waals surface area contributed by atoms with Crippen molar-refractivity contribution in [2.24, 2.45) is 5.92 Å². The monoisotopic (exact) mass is 475 g/mol. The largest absolute Gasteiger partial charge is 0.458 e. The molecule has 3 amide bonds. The van der Waals surface area contributed by atoms with E-state index in [0.29, 0.717) is 19.4 Å². The van der Waals surface area contributed by atoms with E-state index in [4.69, 9.17) is 9.47 Å². The molecule has 0 aliphatic carbocycles. The van der Waals surface area contributed by atoms with Crippen LogP contribution in [-0.2, 0) is 30.5 Å². The van der Waals surface area contributed by atoms with Crippen LogP contribution in [0, 0.1) is 5.92 Å². The molecule has 9 nitrogen and oxygen atoms in total. The van der Waals surface area contributed by atoms with Gasteiger partial charge >= 0.3 is 12.1 Å². The molecule has 1 aromatic rings. The standard InChI is InChI=1S/C25H37N3O6/c1-16(2)20(22(30)26-17(3)23(31)34-25(4,5)6)27-21(29)19-13-10-14-28(19)24(32)33-15-18-11-8-7-9-12-18/h7-9,11-12,16-17,19-20H,10,13-15H2,1-6H3,(H,26,30)(H,27,29)/t17-,19-,20-/m0/s1. The molecule has 1 aliphatic rings. The fourth-order valence-corrected chi connectivity index (χ4v) is 3.60. The number of benzene rings is 1. The van der Waals surface area contributed by atoms with Crippen LogP contribution in [0.4, 0.5) is 4.79 Å². The average molecular weight is 476 g/mol. The van der Waals surface area contributed by atoms with Gasteiger partial charge in [0.25, 0.3) is 0 Å². The summed E-state index contributed by atoms with van der Waals surface area (Å²) in [6, 6.07) is 6.83. The molecule has 0 saturated carbocycles. The van der Waals surface area contributed by atoms with E-state index >= 15 is 0 Å². The molecule has 1 aromatic carbocycles. The molecule has 1 aliphatic heterocycles. The molecule has 0 radical (unpaired) electrons. The molecule has 0 unspecified atom stereocenters. The van der Waals surface area contributed by atoms with Crippen LogP contribution in [0.5, 0.6) is 0 Å². The molecule has 2 rings (SSSR count). The van der Waals surface area contributed by atoms with Crippen molar-refractivity contribution in [1.82, 2.24) is 15.5 Å². The van der Waals surface area contributed by atoms with Crippen LogP contribution in [0.25, 0.3) is 0 Å². The second-order valence-electron chi connectivity index (χ2n) is 9.89. The average Bonchev–Trinajstić information content (AvgIpc) is 3.25. The Morgan fingerprint density at radius 1 is 1.06 bits per heavy atom. The summed E-state index contributed by atoms with van der Waals surface area (Å²) in [7, 11) is 0. The first-order valence-corrected chi connectivity index (χ1v) is 11.7. The van der Waals surface area contributed by atoms with Crippen LogP contribution >= 0.6 is 0 Å². The van der Waals surface area contributed by atoms with E-state index in [9.17, 15) is 19.2 Å². The molecule has 9 heteroatoms. The lowest BCUT2D eigenvalue weighted by molar-refractivity contribution is -0.158. The molecular formula is C25H37N3O6. The molecule has 1 fully saturated rings. The maximum atomic E-state index is 13.0. The van der Waals surface area contributed by atoms with Gasteiger partial charge in [0, 0.05) is 6.54 Å². The smallest absolute Gasteiger partial charge is 0.410 e. The first-order valence-electron chi connectivity index (χ1n) is 11.7. The molecule has 34 heavy (non-hydrogen) atoms. The molecular weight excluding hydrogens is 438 g/mol. The number of hydrogen-bond donors (Lipinski definition) is 2. The lowest BCUT2D eigenvalue weighted by Gasteiger charge is -2.28. The number of carbonyl (C=O) groups is 4. The molecule has 2 N–H and O–H groups in total. The van der Waals surface area contributed by atoms with E-state index in [1.54, 1.807) is 34.6 Å². The minimum absolute atomic E-state index is 0.115. The third-order valence-corrected chi connectivity index (χ3v) is 5.36. The quantitative estimate of drug-likeness (QED) is 0.559. The van der Waals surface area contributed by atoms with Gasteiger partial charge in [0.1, 0.15) is 30.3 Å². The molecule has 3 atom stereocenters. The summed E-state index contributed by atoms with van der Waals surface area (Å²) in [5.74, 6) is -1.71. The third-order valence-electron chi connectivity index (χ3n) is 5.36. The summed E-state index contributed by atoms with van der Waals surface area (Å²) in [6.07, 6.45) is 0.574. The summed E-state index contributed by atoms with van der Waals surface area (Å²) in [4.78, 5) is 52.1. The number of ether oxygens (including phenoxy) is 2. The highest BCUT2D eigenvalue weighted by Crippen LogP contribution is 2.20. The zero-order chi connectivity index (χ0) is 25.5. The van der Waals surface area contributed by atoms with Gasteiger partial charge < -0.3 is 20.1 Å². The second kappa shape index (κ2) is 11.9. The van der Waals surface area contributed by atoms with Crippen LogP contribution in [0.3, 0.4) is 0 Å². The predicted molar refractivity (Wildman–Crippen MR) is 127 cm³/mol. The number of nitrogens with zero attached hydrogens (tertiary/aromatic N) is 1. The molecule has 1 saturated heterocycles. The number of carbonyl (C=O) groups excluding carboxylic acids is 4. The van der Waals surface area contributed by atoms with Crippen molar-refractivity contribution in [3.8, 4) is 0 Å². The Balaban J connectivity index is 1.97. The van der Waals surface area contributed by atoms with Gasteiger partial charge in [-0.2, -0.15) is 0 Å². The van der Waals surface area contributed by atoms with Crippen LogP contribution < -0.4 is 10.6 Å². The summed E-state index contributed by atoms with van der Waals surface area (Å²) in [5, 5.41) is 5.38. The second-order valence-corrected chi connectivity index (χ2v) is 9.89. The Morgan fingerprint density at radius 3 is 2.29 bits per heavy atom. The van der Waals surface area contributed by atoms with E-state index in [0.717, 1.165) is 5.56 Å². The lowest BCUT2D eigenvalue weighted by atomic mass is 10.0. The topological polar surface area (TPSA) is 114 Å². The fourth-order valence-electron chi connectivity index (χ4n) is 3.60. The van der Waals surface area contributed by atoms with Gasteiger partial charge in [-0.3, -0.25) is 14.5 Å². The van der Waals surface area contributed by atoms with Gasteiger partial charge in [0.2, 0.25) is 11.8 Å². The van der Waals surface area contributed by atoms with E-state index in [-0.39, 0.29) is 12.5 Å². The molecule has 0 bridgehead atoms. The van der Waals surface area contributed by atoms with Crippen molar-refractivity contribution in [1.29, 1.82) is 0 Å². The van der Waals surface area contributed by atoms with Crippen LogP contribution in [0.15, 0.2) is 30.3 Å². The van der Waals surface area contributed by atoms with E-state index in [1.165, 1.54) is 11.8 Å². The summed E-state index contributed by atoms with van der Waals surface area (Å²) in [5.41, 5.74) is 0.176. The summed E-state index contributed by atoms with van der Waals surface area (Å²) in [6.45, 7) is 10.9. The number of rotatable bonds is 8. The Kier molecular flexibility index (Phi) is 9.46. The number of hydrogen-bond acceptors (Lipinski definition) is 6. The normalized spacial score (nSPS) is 17.6. The lowest BCUT2D eigenvalue weighted by Crippen LogP contribution is -2.57. The van der Waals surface area contributed by atoms with Crippen molar-refractivity contribution >= 4 is 23.9 Å². The number of likely N-dealkylation sites (tertiary alicyclic amines) is 1. The fraction of sp³-hybridized carbons (Fsp3) is 0.600. The van der Waals surface area contributed by atoms with Crippen LogP contribution in [-0.4, -0.2) is 59.0 Å². The number of amides is 3. The first-order chi connectivity index (χ1) is 15.9. The Hall–Kier alpha value is -3.10. The highest BCUT2D eigenvalue weighted by atomic mass is 16.6. The zero-order valence-electron chi connectivity index (χ0n) is 20.9. The SMILES string of the molecule is CC(C)[C@H](NC(=O)[C@@H]1CCCN1C(=O)OCc1ccccc1)C(=O)N[C@@H](C)C(=O)OC(C)(C)C. The van der Waals surface area contributed by atoms with Gasteiger partial charge in [-0.15, -0.1) is 0 Å². The van der Waals surface area contributed by atoms with Crippen molar-refractivity contribution in [3.05, 3.63) is 35.9 Å². The first kappa shape index (κ1) is 27.1. The maximum Gasteiger partial charge on any atom is 0.410 e. The van der Waals surface area contributed by atoms with Crippen molar-refractivity contribution in [2.75, 3.05) is 6.54 Å². The molecule has 0 aromatic heterocycles. The van der Waals surface area contributed by atoms with Gasteiger partial charge in [-0.1, -0.05) is 44.2 Å². The van der Waals surface area contributed by atoms with Gasteiger partial charge in [-0.05, 0) is 52.0 Å². The number of esters is 1. The molecule has 0 spiro atoms. The maximum absolute atomic E-state index is 13.0. The summed E-state index contributed by atoms with van der Waals surface area (Å²) < 4.78 is 10.7. The van der Waals surface area contributed by atoms with E-state index in [1.807, 2.05) is 30.3 Å². The van der Waals surface area contributed by atoms with Gasteiger partial charge in [-0.25, -0.2) is 9.59 Å². The number of nitrogens with one attached hydrogen (secondary N) is 2. The molecule has 1 heterocycles. The highest BCUT2D eigenvalue weighted by molar-refractivity contribution is 5.93. The highest BCUT2D eigenvalue weighted by Gasteiger charge is 2.37. The van der Waals surface area contributed by atoms with Crippen LogP contribution in [0.2, 0.25) is 0 Å². The van der Waals surface area contributed by atoms with Crippen molar-refractivity contribution in [3.63, 3.8) is 0 Å². The Bertz CT molecular complexity index is 865. The molecule has 188 valence electrons. The third kappa shape index (κ3) is 8.04.